The molecule has 1 aliphatic carbocycles. The van der Waals surface area contributed by atoms with Crippen LogP contribution in [-0.4, -0.2) is 16.3 Å². The number of nitrogens with zero attached hydrogens (tertiary/aromatic N) is 2. The average Bonchev–Trinajstić information content (AvgIpc) is 2.95. The molecule has 1 aliphatic rings. The van der Waals surface area contributed by atoms with Gasteiger partial charge in [0.05, 0.1) is 6.20 Å². The number of nitrogens with one attached hydrogen (secondary N) is 1. The number of rotatable bonds is 5. The summed E-state index contributed by atoms with van der Waals surface area (Å²) in [7, 11) is 0. The normalized spacial score (nSPS) is 20.6. The predicted molar refractivity (Wildman–Crippen MR) is 70.9 cm³/mol. The molecule has 1 fully saturated rings. The van der Waals surface area contributed by atoms with Crippen LogP contribution in [0, 0.1) is 5.41 Å². The molecule has 3 heteroatoms. The Morgan fingerprint density at radius 1 is 1.47 bits per heavy atom. The lowest BCUT2D eigenvalue weighted by molar-refractivity contribution is 0.302. The van der Waals surface area contributed by atoms with Gasteiger partial charge in [0.25, 0.3) is 0 Å². The molecular weight excluding hydrogens is 210 g/mol. The molecule has 1 N–H and O–H groups in total. The fourth-order valence-corrected chi connectivity index (χ4v) is 2.70. The van der Waals surface area contributed by atoms with Gasteiger partial charge in [0.2, 0.25) is 0 Å². The lowest BCUT2D eigenvalue weighted by atomic mass is 9.88. The Balaban J connectivity index is 1.86. The van der Waals surface area contributed by atoms with Gasteiger partial charge in [-0.05, 0) is 32.1 Å². The molecule has 0 aromatic carbocycles. The number of hydrogen-bond acceptors (Lipinski definition) is 2. The van der Waals surface area contributed by atoms with Crippen LogP contribution in [0.25, 0.3) is 0 Å². The monoisotopic (exact) mass is 235 g/mol. The fourth-order valence-electron chi connectivity index (χ4n) is 2.70. The van der Waals surface area contributed by atoms with Crippen LogP contribution in [0.3, 0.4) is 0 Å². The third-order valence-electron chi connectivity index (χ3n) is 4.12. The molecule has 0 amide bonds. The zero-order valence-electron chi connectivity index (χ0n) is 11.4. The molecule has 0 saturated heterocycles. The van der Waals surface area contributed by atoms with Gasteiger partial charge in [-0.1, -0.05) is 19.8 Å². The summed E-state index contributed by atoms with van der Waals surface area (Å²) >= 11 is 0. The fraction of sp³-hybridized carbons (Fsp3) is 0.786. The van der Waals surface area contributed by atoms with Crippen LogP contribution in [0.1, 0.15) is 58.1 Å². The Hall–Kier alpha value is -0.830. The van der Waals surface area contributed by atoms with Crippen LogP contribution < -0.4 is 5.32 Å². The minimum atomic E-state index is 0.410. The Bertz CT molecular complexity index is 350. The van der Waals surface area contributed by atoms with E-state index in [1.165, 1.54) is 31.2 Å². The summed E-state index contributed by atoms with van der Waals surface area (Å²) in [6.45, 7) is 8.84. The minimum Gasteiger partial charge on any atom is -0.310 e. The van der Waals surface area contributed by atoms with E-state index in [4.69, 9.17) is 0 Å². The van der Waals surface area contributed by atoms with Gasteiger partial charge in [0, 0.05) is 30.9 Å². The van der Waals surface area contributed by atoms with Gasteiger partial charge in [0.1, 0.15) is 0 Å². The van der Waals surface area contributed by atoms with Crippen molar-refractivity contribution < 1.29 is 0 Å². The van der Waals surface area contributed by atoms with E-state index in [1.54, 1.807) is 0 Å². The highest BCUT2D eigenvalue weighted by Crippen LogP contribution is 2.37. The van der Waals surface area contributed by atoms with E-state index in [-0.39, 0.29) is 0 Å². The van der Waals surface area contributed by atoms with E-state index >= 15 is 0 Å². The van der Waals surface area contributed by atoms with Crippen LogP contribution in [-0.2, 0) is 6.54 Å². The Labute approximate surface area is 105 Å². The number of aryl methyl sites for hydroxylation is 1. The first-order valence-electron chi connectivity index (χ1n) is 6.89. The van der Waals surface area contributed by atoms with Crippen molar-refractivity contribution in [2.75, 3.05) is 6.54 Å². The summed E-state index contributed by atoms with van der Waals surface area (Å²) in [6, 6.07) is 0.410. The minimum absolute atomic E-state index is 0.410. The standard InChI is InChI=1S/C14H25N3/c1-4-17-10-13(9-16-17)12(2)15-11-14(3)7-5-6-8-14/h9-10,12,15H,4-8,11H2,1-3H3. The van der Waals surface area contributed by atoms with Crippen molar-refractivity contribution in [1.82, 2.24) is 15.1 Å². The Kier molecular flexibility index (Phi) is 3.87. The van der Waals surface area contributed by atoms with Crippen LogP contribution in [0.2, 0.25) is 0 Å². The van der Waals surface area contributed by atoms with Gasteiger partial charge in [-0.25, -0.2) is 0 Å². The van der Waals surface area contributed by atoms with Crippen LogP contribution in [0.5, 0.6) is 0 Å². The van der Waals surface area contributed by atoms with Gasteiger partial charge in [0.15, 0.2) is 0 Å². The molecule has 2 rings (SSSR count). The van der Waals surface area contributed by atoms with E-state index in [0.717, 1.165) is 13.1 Å². The van der Waals surface area contributed by atoms with Crippen molar-refractivity contribution in [2.45, 2.75) is 59.0 Å². The van der Waals surface area contributed by atoms with E-state index in [9.17, 15) is 0 Å². The summed E-state index contributed by atoms with van der Waals surface area (Å²) in [5, 5.41) is 7.99. The van der Waals surface area contributed by atoms with E-state index < -0.39 is 0 Å². The molecule has 0 bridgehead atoms. The van der Waals surface area contributed by atoms with Crippen molar-refractivity contribution in [3.8, 4) is 0 Å². The largest absolute Gasteiger partial charge is 0.310 e. The smallest absolute Gasteiger partial charge is 0.0537 e. The maximum atomic E-state index is 4.33. The van der Waals surface area contributed by atoms with Gasteiger partial charge in [-0.3, -0.25) is 4.68 Å². The highest BCUT2D eigenvalue weighted by Gasteiger charge is 2.28. The number of aromatic nitrogens is 2. The quantitative estimate of drug-likeness (QED) is 0.849. The second-order valence-electron chi connectivity index (χ2n) is 5.75. The van der Waals surface area contributed by atoms with Crippen molar-refractivity contribution >= 4 is 0 Å². The molecule has 3 nitrogen and oxygen atoms in total. The molecule has 1 aromatic rings. The molecule has 1 atom stereocenters. The summed E-state index contributed by atoms with van der Waals surface area (Å²) in [5.74, 6) is 0. The zero-order chi connectivity index (χ0) is 12.3. The zero-order valence-corrected chi connectivity index (χ0v) is 11.4. The van der Waals surface area contributed by atoms with Gasteiger partial charge >= 0.3 is 0 Å². The lowest BCUT2D eigenvalue weighted by Crippen LogP contribution is -2.31. The molecule has 0 aliphatic heterocycles. The molecule has 0 spiro atoms. The summed E-state index contributed by atoms with van der Waals surface area (Å²) in [5.41, 5.74) is 1.82. The third kappa shape index (κ3) is 3.09. The molecule has 96 valence electrons. The van der Waals surface area contributed by atoms with Gasteiger partial charge in [-0.2, -0.15) is 5.10 Å². The predicted octanol–water partition coefficient (Wildman–Crippen LogP) is 3.13. The van der Waals surface area contributed by atoms with E-state index in [2.05, 4.69) is 37.4 Å². The highest BCUT2D eigenvalue weighted by molar-refractivity contribution is 5.09. The maximum absolute atomic E-state index is 4.33. The third-order valence-corrected chi connectivity index (χ3v) is 4.12. The Morgan fingerprint density at radius 3 is 2.76 bits per heavy atom. The molecule has 1 aromatic heterocycles. The second kappa shape index (κ2) is 5.21. The summed E-state index contributed by atoms with van der Waals surface area (Å²) in [4.78, 5) is 0. The van der Waals surface area contributed by atoms with Gasteiger partial charge < -0.3 is 5.32 Å². The topological polar surface area (TPSA) is 29.9 Å². The highest BCUT2D eigenvalue weighted by atomic mass is 15.3. The van der Waals surface area contributed by atoms with E-state index in [0.29, 0.717) is 11.5 Å². The molecule has 1 saturated carbocycles. The first kappa shape index (κ1) is 12.6. The van der Waals surface area contributed by atoms with Gasteiger partial charge in [-0.15, -0.1) is 0 Å². The van der Waals surface area contributed by atoms with Crippen LogP contribution in [0.15, 0.2) is 12.4 Å². The van der Waals surface area contributed by atoms with Crippen molar-refractivity contribution in [3.63, 3.8) is 0 Å². The summed E-state index contributed by atoms with van der Waals surface area (Å²) in [6.07, 6.45) is 9.69. The average molecular weight is 235 g/mol. The second-order valence-corrected chi connectivity index (χ2v) is 5.75. The first-order valence-corrected chi connectivity index (χ1v) is 6.89. The lowest BCUT2D eigenvalue weighted by Gasteiger charge is -2.26. The van der Waals surface area contributed by atoms with Crippen LogP contribution >= 0.6 is 0 Å². The first-order chi connectivity index (χ1) is 8.13. The van der Waals surface area contributed by atoms with Crippen molar-refractivity contribution in [1.29, 1.82) is 0 Å². The molecule has 0 radical (unpaired) electrons. The Morgan fingerprint density at radius 2 is 2.18 bits per heavy atom. The van der Waals surface area contributed by atoms with Crippen molar-refractivity contribution in [3.05, 3.63) is 18.0 Å². The molecular formula is C14H25N3. The maximum Gasteiger partial charge on any atom is 0.0537 e. The summed E-state index contributed by atoms with van der Waals surface area (Å²) < 4.78 is 1.99. The SMILES string of the molecule is CCn1cc(C(C)NCC2(C)CCCC2)cn1. The molecule has 1 unspecified atom stereocenters. The van der Waals surface area contributed by atoms with Crippen molar-refractivity contribution in [2.24, 2.45) is 5.41 Å². The number of hydrogen-bond donors (Lipinski definition) is 1. The molecule has 1 heterocycles. The van der Waals surface area contributed by atoms with E-state index in [1.807, 2.05) is 10.9 Å². The molecule has 17 heavy (non-hydrogen) atoms. The van der Waals surface area contributed by atoms with Crippen LogP contribution in [0.4, 0.5) is 0 Å².